The van der Waals surface area contributed by atoms with E-state index in [9.17, 15) is 9.59 Å². The summed E-state index contributed by atoms with van der Waals surface area (Å²) in [6.45, 7) is 0.113. The molecule has 0 spiro atoms. The molecule has 0 atom stereocenters. The quantitative estimate of drug-likeness (QED) is 0.883. The lowest BCUT2D eigenvalue weighted by molar-refractivity contribution is -0.116. The van der Waals surface area contributed by atoms with Crippen molar-refractivity contribution in [3.63, 3.8) is 0 Å². The maximum absolute atomic E-state index is 11.8. The Morgan fingerprint density at radius 3 is 2.78 bits per heavy atom. The summed E-state index contributed by atoms with van der Waals surface area (Å²) in [5.74, 6) is -0.179. The molecule has 2 rings (SSSR count). The van der Waals surface area contributed by atoms with Gasteiger partial charge in [-0.3, -0.25) is 9.59 Å². The van der Waals surface area contributed by atoms with E-state index in [1.165, 1.54) is 0 Å². The van der Waals surface area contributed by atoms with Gasteiger partial charge in [0.05, 0.1) is 11.4 Å². The molecule has 4 nitrogen and oxygen atoms in total. The second-order valence-corrected chi connectivity index (χ2v) is 4.56. The van der Waals surface area contributed by atoms with Crippen molar-refractivity contribution in [2.75, 3.05) is 5.32 Å². The Bertz CT molecular complexity index is 578. The van der Waals surface area contributed by atoms with E-state index in [0.717, 1.165) is 10.8 Å². The predicted octanol–water partition coefficient (Wildman–Crippen LogP) is 2.70. The molecule has 1 heterocycles. The molecule has 1 aromatic carbocycles. The average molecular weight is 307 g/mol. The molecule has 0 fully saturated rings. The van der Waals surface area contributed by atoms with Gasteiger partial charge in [-0.2, -0.15) is 0 Å². The number of hydrogen-bond acceptors (Lipinski definition) is 2. The number of para-hydroxylation sites is 1. The molecule has 0 aliphatic rings. The van der Waals surface area contributed by atoms with E-state index in [2.05, 4.69) is 21.2 Å². The van der Waals surface area contributed by atoms with E-state index < -0.39 is 0 Å². The van der Waals surface area contributed by atoms with E-state index >= 15 is 0 Å². The van der Waals surface area contributed by atoms with Gasteiger partial charge >= 0.3 is 0 Å². The molecule has 5 heteroatoms. The summed E-state index contributed by atoms with van der Waals surface area (Å²) in [7, 11) is 0. The van der Waals surface area contributed by atoms with E-state index in [0.29, 0.717) is 11.4 Å². The van der Waals surface area contributed by atoms with Gasteiger partial charge in [-0.05, 0) is 40.2 Å². The monoisotopic (exact) mass is 306 g/mol. The van der Waals surface area contributed by atoms with Crippen molar-refractivity contribution in [2.24, 2.45) is 0 Å². The highest BCUT2D eigenvalue weighted by Crippen LogP contribution is 2.21. The first-order valence-corrected chi connectivity index (χ1v) is 6.14. The number of carbonyl (C=O) groups is 2. The smallest absolute Gasteiger partial charge is 0.244 e. The van der Waals surface area contributed by atoms with E-state index in [-0.39, 0.29) is 12.5 Å². The fraction of sp³-hybridized carbons (Fsp3) is 0.0769. The van der Waals surface area contributed by atoms with Crippen molar-refractivity contribution in [1.29, 1.82) is 0 Å². The molecule has 0 unspecified atom stereocenters. The first kappa shape index (κ1) is 12.6. The van der Waals surface area contributed by atoms with Gasteiger partial charge < -0.3 is 9.88 Å². The Balaban J connectivity index is 2.06. The molecular formula is C13H11BrN2O2. The summed E-state index contributed by atoms with van der Waals surface area (Å²) >= 11 is 3.35. The van der Waals surface area contributed by atoms with E-state index in [4.69, 9.17) is 0 Å². The molecule has 18 heavy (non-hydrogen) atoms. The van der Waals surface area contributed by atoms with Crippen LogP contribution in [-0.4, -0.2) is 16.8 Å². The highest BCUT2D eigenvalue weighted by Gasteiger charge is 2.07. The molecule has 0 aliphatic heterocycles. The van der Waals surface area contributed by atoms with Crippen LogP contribution in [0.15, 0.2) is 47.1 Å². The fourth-order valence-corrected chi connectivity index (χ4v) is 1.97. The van der Waals surface area contributed by atoms with E-state index in [1.807, 2.05) is 18.2 Å². The lowest BCUT2D eigenvalue weighted by Gasteiger charge is -2.08. The molecule has 1 aromatic heterocycles. The largest absolute Gasteiger partial charge is 0.336 e. The van der Waals surface area contributed by atoms with Gasteiger partial charge in [0.25, 0.3) is 0 Å². The molecule has 0 saturated carbocycles. The van der Waals surface area contributed by atoms with Crippen molar-refractivity contribution in [1.82, 2.24) is 4.57 Å². The maximum Gasteiger partial charge on any atom is 0.244 e. The summed E-state index contributed by atoms with van der Waals surface area (Å²) < 4.78 is 2.42. The Hall–Kier alpha value is -1.88. The summed E-state index contributed by atoms with van der Waals surface area (Å²) in [6, 6.07) is 10.8. The van der Waals surface area contributed by atoms with Crippen molar-refractivity contribution >= 4 is 33.8 Å². The number of anilines is 1. The van der Waals surface area contributed by atoms with Gasteiger partial charge in [-0.1, -0.05) is 12.1 Å². The second kappa shape index (κ2) is 5.64. The van der Waals surface area contributed by atoms with Crippen molar-refractivity contribution < 1.29 is 9.59 Å². The normalized spacial score (nSPS) is 10.1. The molecule has 0 radical (unpaired) electrons. The first-order chi connectivity index (χ1) is 8.70. The number of benzene rings is 1. The highest BCUT2D eigenvalue weighted by atomic mass is 79.9. The number of carbonyl (C=O) groups excluding carboxylic acids is 2. The zero-order chi connectivity index (χ0) is 13.0. The lowest BCUT2D eigenvalue weighted by Crippen LogP contribution is -2.19. The second-order valence-electron chi connectivity index (χ2n) is 3.71. The van der Waals surface area contributed by atoms with Gasteiger partial charge in [0.2, 0.25) is 5.91 Å². The molecule has 0 aliphatic carbocycles. The number of amides is 1. The predicted molar refractivity (Wildman–Crippen MR) is 72.6 cm³/mol. The Morgan fingerprint density at radius 1 is 1.28 bits per heavy atom. The molecule has 1 N–H and O–H groups in total. The summed E-state index contributed by atoms with van der Waals surface area (Å²) in [4.78, 5) is 22.6. The van der Waals surface area contributed by atoms with Crippen LogP contribution in [-0.2, 0) is 11.3 Å². The maximum atomic E-state index is 11.8. The number of aromatic nitrogens is 1. The standard InChI is InChI=1S/C13H11BrN2O2/c14-11-5-1-2-6-12(11)15-13(18)8-16-7-3-4-10(16)9-17/h1-7,9H,8H2,(H,15,18). The van der Waals surface area contributed by atoms with Crippen LogP contribution in [0.5, 0.6) is 0 Å². The van der Waals surface area contributed by atoms with Crippen LogP contribution in [0.2, 0.25) is 0 Å². The zero-order valence-corrected chi connectivity index (χ0v) is 11.1. The van der Waals surface area contributed by atoms with Crippen LogP contribution >= 0.6 is 15.9 Å². The Kier molecular flexibility index (Phi) is 3.94. The minimum atomic E-state index is -0.179. The molecule has 0 bridgehead atoms. The fourth-order valence-electron chi connectivity index (χ4n) is 1.59. The number of aldehydes is 1. The topological polar surface area (TPSA) is 51.1 Å². The summed E-state index contributed by atoms with van der Waals surface area (Å²) in [5.41, 5.74) is 1.19. The number of halogens is 1. The van der Waals surface area contributed by atoms with Crippen LogP contribution in [0, 0.1) is 0 Å². The third-order valence-corrected chi connectivity index (χ3v) is 3.14. The average Bonchev–Trinajstić information content (AvgIpc) is 2.79. The first-order valence-electron chi connectivity index (χ1n) is 5.35. The molecular weight excluding hydrogens is 296 g/mol. The Morgan fingerprint density at radius 2 is 2.06 bits per heavy atom. The van der Waals surface area contributed by atoms with Crippen LogP contribution in [0.4, 0.5) is 5.69 Å². The van der Waals surface area contributed by atoms with Crippen molar-refractivity contribution in [3.8, 4) is 0 Å². The van der Waals surface area contributed by atoms with Crippen molar-refractivity contribution in [2.45, 2.75) is 6.54 Å². The lowest BCUT2D eigenvalue weighted by atomic mass is 10.3. The van der Waals surface area contributed by atoms with Gasteiger partial charge in [0.1, 0.15) is 6.54 Å². The SMILES string of the molecule is O=Cc1cccn1CC(=O)Nc1ccccc1Br. The number of rotatable bonds is 4. The van der Waals surface area contributed by atoms with Crippen LogP contribution in [0.3, 0.4) is 0 Å². The zero-order valence-electron chi connectivity index (χ0n) is 9.47. The number of nitrogens with one attached hydrogen (secondary N) is 1. The number of nitrogens with zero attached hydrogens (tertiary/aromatic N) is 1. The third-order valence-electron chi connectivity index (χ3n) is 2.45. The van der Waals surface area contributed by atoms with Crippen molar-refractivity contribution in [3.05, 3.63) is 52.8 Å². The van der Waals surface area contributed by atoms with Gasteiger partial charge in [-0.25, -0.2) is 0 Å². The molecule has 0 saturated heterocycles. The van der Waals surface area contributed by atoms with Crippen LogP contribution < -0.4 is 5.32 Å². The summed E-state index contributed by atoms with van der Waals surface area (Å²) in [5, 5.41) is 2.78. The Labute approximate surface area is 113 Å². The molecule has 92 valence electrons. The summed E-state index contributed by atoms with van der Waals surface area (Å²) in [6.07, 6.45) is 2.43. The van der Waals surface area contributed by atoms with Gasteiger partial charge in [0.15, 0.2) is 6.29 Å². The highest BCUT2D eigenvalue weighted by molar-refractivity contribution is 9.10. The minimum absolute atomic E-state index is 0.113. The van der Waals surface area contributed by atoms with Gasteiger partial charge in [-0.15, -0.1) is 0 Å². The van der Waals surface area contributed by atoms with Crippen LogP contribution in [0.1, 0.15) is 10.5 Å². The number of hydrogen-bond donors (Lipinski definition) is 1. The van der Waals surface area contributed by atoms with Gasteiger partial charge in [0, 0.05) is 10.7 Å². The van der Waals surface area contributed by atoms with E-state index in [1.54, 1.807) is 29.0 Å². The molecule has 1 amide bonds. The third kappa shape index (κ3) is 2.87. The van der Waals surface area contributed by atoms with Crippen LogP contribution in [0.25, 0.3) is 0 Å². The minimum Gasteiger partial charge on any atom is -0.336 e. The molecule has 2 aromatic rings.